The van der Waals surface area contributed by atoms with Crippen molar-refractivity contribution in [3.05, 3.63) is 32.8 Å². The number of hydrogen-bond donors (Lipinski definition) is 1. The van der Waals surface area contributed by atoms with Crippen molar-refractivity contribution in [2.45, 2.75) is 26.7 Å². The highest BCUT2D eigenvalue weighted by Crippen LogP contribution is 2.16. The monoisotopic (exact) mass is 255 g/mol. The molecule has 0 unspecified atom stereocenters. The molecule has 0 fully saturated rings. The highest BCUT2D eigenvalue weighted by molar-refractivity contribution is 7.73. The van der Waals surface area contributed by atoms with E-state index in [4.69, 9.17) is 17.3 Å². The van der Waals surface area contributed by atoms with Crippen LogP contribution in [0.1, 0.15) is 25.0 Å². The summed E-state index contributed by atoms with van der Waals surface area (Å²) in [5.41, 5.74) is 2.93. The van der Waals surface area contributed by atoms with Crippen LogP contribution in [0, 0.1) is 3.82 Å². The molecule has 0 aliphatic rings. The molecule has 86 valence electrons. The van der Waals surface area contributed by atoms with Gasteiger partial charge in [-0.05, 0) is 42.4 Å². The van der Waals surface area contributed by atoms with Crippen LogP contribution in [0.3, 0.4) is 0 Å². The lowest BCUT2D eigenvalue weighted by atomic mass is 10.0. The number of rotatable bonds is 4. The molecule has 0 radical (unpaired) electrons. The number of carbonyl (C=O) groups is 1. The molecule has 0 bridgehead atoms. The van der Waals surface area contributed by atoms with Gasteiger partial charge >= 0.3 is 5.97 Å². The Morgan fingerprint density at radius 3 is 2.94 bits per heavy atom. The normalized spacial score (nSPS) is 11.5. The van der Waals surface area contributed by atoms with Crippen molar-refractivity contribution in [1.82, 2.24) is 4.37 Å². The van der Waals surface area contributed by atoms with Gasteiger partial charge in [0.1, 0.15) is 3.82 Å². The quantitative estimate of drug-likeness (QED) is 0.663. The SMILES string of the molecule is CCc1c(CC(C)=CC(=O)O)cnsc1=S. The van der Waals surface area contributed by atoms with Crippen molar-refractivity contribution in [2.24, 2.45) is 0 Å². The Labute approximate surface area is 104 Å². The first-order valence-electron chi connectivity index (χ1n) is 4.91. The van der Waals surface area contributed by atoms with Gasteiger partial charge in [0.05, 0.1) is 0 Å². The molecule has 0 atom stereocenters. The Kier molecular flexibility index (Phi) is 4.76. The lowest BCUT2D eigenvalue weighted by Crippen LogP contribution is -1.97. The van der Waals surface area contributed by atoms with Gasteiger partial charge in [-0.25, -0.2) is 4.79 Å². The Hall–Kier alpha value is -1.07. The third kappa shape index (κ3) is 3.50. The van der Waals surface area contributed by atoms with E-state index >= 15 is 0 Å². The van der Waals surface area contributed by atoms with Gasteiger partial charge in [0.2, 0.25) is 0 Å². The van der Waals surface area contributed by atoms with Crippen LogP contribution in [0.25, 0.3) is 0 Å². The van der Waals surface area contributed by atoms with Crippen LogP contribution >= 0.6 is 23.8 Å². The van der Waals surface area contributed by atoms with Crippen LogP contribution in [0.4, 0.5) is 0 Å². The van der Waals surface area contributed by atoms with Crippen molar-refractivity contribution >= 4 is 29.7 Å². The van der Waals surface area contributed by atoms with Gasteiger partial charge < -0.3 is 5.11 Å². The summed E-state index contributed by atoms with van der Waals surface area (Å²) in [6.45, 7) is 3.84. The van der Waals surface area contributed by atoms with E-state index in [1.165, 1.54) is 17.6 Å². The molecule has 1 N–H and O–H groups in total. The smallest absolute Gasteiger partial charge is 0.328 e. The van der Waals surface area contributed by atoms with Crippen molar-refractivity contribution in [2.75, 3.05) is 0 Å². The minimum absolute atomic E-state index is 0.597. The zero-order chi connectivity index (χ0) is 12.1. The maximum absolute atomic E-state index is 10.5. The molecule has 0 saturated heterocycles. The van der Waals surface area contributed by atoms with Crippen LogP contribution in [-0.4, -0.2) is 15.4 Å². The highest BCUT2D eigenvalue weighted by atomic mass is 32.2. The lowest BCUT2D eigenvalue weighted by molar-refractivity contribution is -0.131. The lowest BCUT2D eigenvalue weighted by Gasteiger charge is -2.06. The molecule has 0 aromatic carbocycles. The predicted octanol–water partition coefficient (Wildman–Crippen LogP) is 3.01. The van der Waals surface area contributed by atoms with E-state index in [9.17, 15) is 4.79 Å². The topological polar surface area (TPSA) is 50.2 Å². The summed E-state index contributed by atoms with van der Waals surface area (Å²) in [6, 6.07) is 0. The fraction of sp³-hybridized carbons (Fsp3) is 0.364. The van der Waals surface area contributed by atoms with Crippen molar-refractivity contribution < 1.29 is 9.90 Å². The molecule has 0 amide bonds. The third-order valence-electron chi connectivity index (χ3n) is 2.17. The summed E-state index contributed by atoms with van der Waals surface area (Å²) in [5, 5.41) is 8.63. The summed E-state index contributed by atoms with van der Waals surface area (Å²) >= 11 is 6.50. The first-order valence-corrected chi connectivity index (χ1v) is 6.09. The van der Waals surface area contributed by atoms with Crippen molar-refractivity contribution in [3.63, 3.8) is 0 Å². The van der Waals surface area contributed by atoms with E-state index in [1.807, 2.05) is 6.92 Å². The van der Waals surface area contributed by atoms with Gasteiger partial charge in [-0.3, -0.25) is 0 Å². The van der Waals surface area contributed by atoms with E-state index in [2.05, 4.69) is 4.37 Å². The van der Waals surface area contributed by atoms with Gasteiger partial charge in [0, 0.05) is 12.3 Å². The average Bonchev–Trinajstić information content (AvgIpc) is 2.16. The number of carboxylic acids is 1. The molecular weight excluding hydrogens is 242 g/mol. The van der Waals surface area contributed by atoms with E-state index < -0.39 is 5.97 Å². The first kappa shape index (κ1) is 13.0. The predicted molar refractivity (Wildman–Crippen MR) is 67.4 cm³/mol. The second-order valence-corrected chi connectivity index (χ2v) is 4.94. The summed E-state index contributed by atoms with van der Waals surface area (Å²) in [7, 11) is 0. The largest absolute Gasteiger partial charge is 0.478 e. The zero-order valence-electron chi connectivity index (χ0n) is 9.19. The zero-order valence-corrected chi connectivity index (χ0v) is 10.8. The van der Waals surface area contributed by atoms with Crippen LogP contribution in [0.2, 0.25) is 0 Å². The summed E-state index contributed by atoms with van der Waals surface area (Å²) in [5.74, 6) is -0.916. The maximum Gasteiger partial charge on any atom is 0.328 e. The van der Waals surface area contributed by atoms with E-state index in [-0.39, 0.29) is 0 Å². The number of carboxylic acid groups (broad SMARTS) is 1. The van der Waals surface area contributed by atoms with Gasteiger partial charge in [0.15, 0.2) is 0 Å². The molecule has 0 spiro atoms. The Balaban J connectivity index is 3.02. The molecule has 0 aliphatic heterocycles. The maximum atomic E-state index is 10.5. The standard InChI is InChI=1S/C11H13NO2S2/c1-3-9-8(6-12-16-11(9)15)4-7(2)5-10(13)14/h5-6H,3-4H2,1-2H3,(H,13,14). The Bertz CT molecular complexity index is 477. The highest BCUT2D eigenvalue weighted by Gasteiger charge is 2.05. The molecule has 1 aromatic rings. The fourth-order valence-corrected chi connectivity index (χ4v) is 2.55. The first-order chi connectivity index (χ1) is 7.54. The molecule has 1 heterocycles. The summed E-state index contributed by atoms with van der Waals surface area (Å²) in [6.07, 6.45) is 4.45. The van der Waals surface area contributed by atoms with Crippen LogP contribution < -0.4 is 0 Å². The van der Waals surface area contributed by atoms with E-state index in [0.29, 0.717) is 6.42 Å². The molecular formula is C11H13NO2S2. The number of aromatic nitrogens is 1. The molecule has 0 saturated carbocycles. The average molecular weight is 255 g/mol. The molecule has 0 aliphatic carbocycles. The molecule has 5 heteroatoms. The van der Waals surface area contributed by atoms with E-state index in [0.717, 1.165) is 26.9 Å². The molecule has 16 heavy (non-hydrogen) atoms. The number of nitrogens with zero attached hydrogens (tertiary/aromatic N) is 1. The van der Waals surface area contributed by atoms with Gasteiger partial charge in [0.25, 0.3) is 0 Å². The minimum Gasteiger partial charge on any atom is -0.478 e. The molecule has 3 nitrogen and oxygen atoms in total. The molecule has 1 aromatic heterocycles. The Morgan fingerprint density at radius 1 is 1.69 bits per heavy atom. The van der Waals surface area contributed by atoms with Crippen molar-refractivity contribution in [1.29, 1.82) is 0 Å². The fourth-order valence-electron chi connectivity index (χ4n) is 1.49. The van der Waals surface area contributed by atoms with Gasteiger partial charge in [-0.1, -0.05) is 24.7 Å². The van der Waals surface area contributed by atoms with Crippen molar-refractivity contribution in [3.8, 4) is 0 Å². The van der Waals surface area contributed by atoms with Crippen LogP contribution in [-0.2, 0) is 17.6 Å². The number of hydrogen-bond acceptors (Lipinski definition) is 4. The number of aliphatic carboxylic acids is 1. The third-order valence-corrected chi connectivity index (χ3v) is 3.26. The van der Waals surface area contributed by atoms with E-state index in [1.54, 1.807) is 13.1 Å². The van der Waals surface area contributed by atoms with Crippen LogP contribution in [0.15, 0.2) is 17.8 Å². The summed E-state index contributed by atoms with van der Waals surface area (Å²) < 4.78 is 4.88. The van der Waals surface area contributed by atoms with Gasteiger partial charge in [-0.2, -0.15) is 4.37 Å². The second kappa shape index (κ2) is 5.86. The second-order valence-electron chi connectivity index (χ2n) is 3.48. The van der Waals surface area contributed by atoms with Gasteiger partial charge in [-0.15, -0.1) is 0 Å². The molecule has 1 rings (SSSR count). The summed E-state index contributed by atoms with van der Waals surface area (Å²) in [4.78, 5) is 10.5. The van der Waals surface area contributed by atoms with Crippen LogP contribution in [0.5, 0.6) is 0 Å². The number of allylic oxidation sites excluding steroid dienone is 1. The Morgan fingerprint density at radius 2 is 2.38 bits per heavy atom. The minimum atomic E-state index is -0.916.